The molecule has 29 heavy (non-hydrogen) atoms. The van der Waals surface area contributed by atoms with Gasteiger partial charge in [-0.25, -0.2) is 8.78 Å². The van der Waals surface area contributed by atoms with E-state index in [2.05, 4.69) is 5.32 Å². The van der Waals surface area contributed by atoms with Crippen LogP contribution in [0.2, 0.25) is 0 Å². The molecule has 2 bridgehead atoms. The number of ether oxygens (including phenoxy) is 1. The minimum atomic E-state index is -0.579. The summed E-state index contributed by atoms with van der Waals surface area (Å²) in [6.07, 6.45) is 0.0133. The number of hydrogen-bond acceptors (Lipinski definition) is 4. The lowest BCUT2D eigenvalue weighted by atomic mass is 9.83. The van der Waals surface area contributed by atoms with Gasteiger partial charge in [0.25, 0.3) is 0 Å². The van der Waals surface area contributed by atoms with Crippen LogP contribution < -0.4 is 5.32 Å². The number of halogens is 2. The van der Waals surface area contributed by atoms with E-state index >= 15 is 0 Å². The second kappa shape index (κ2) is 8.30. The monoisotopic (exact) mass is 401 g/mol. The summed E-state index contributed by atoms with van der Waals surface area (Å²) in [4.78, 5) is 12.7. The number of aliphatic hydroxyl groups is 1. The Balaban J connectivity index is 1.68. The van der Waals surface area contributed by atoms with Crippen molar-refractivity contribution in [3.05, 3.63) is 71.3 Å². The normalized spacial score (nSPS) is 28.7. The zero-order valence-electron chi connectivity index (χ0n) is 16.2. The molecule has 0 saturated carbocycles. The zero-order chi connectivity index (χ0) is 20.5. The lowest BCUT2D eigenvalue weighted by molar-refractivity contribution is -0.135. The second-order valence-corrected chi connectivity index (χ2v) is 7.93. The fraction of sp³-hybridized carbons (Fsp3) is 0.435. The van der Waals surface area contributed by atoms with Crippen LogP contribution in [0.1, 0.15) is 43.4 Å². The molecule has 2 saturated heterocycles. The third kappa shape index (κ3) is 4.10. The number of fused-ring (bicyclic) bond motifs is 2. The molecule has 2 aromatic carbocycles. The van der Waals surface area contributed by atoms with Crippen molar-refractivity contribution in [3.63, 3.8) is 0 Å². The van der Waals surface area contributed by atoms with Crippen molar-refractivity contribution in [2.24, 2.45) is 5.92 Å². The molecule has 0 aliphatic carbocycles. The van der Waals surface area contributed by atoms with Crippen LogP contribution in [0.5, 0.6) is 0 Å². The minimum absolute atomic E-state index is 0.0452. The Hall–Kier alpha value is -2.15. The molecule has 0 amide bonds. The van der Waals surface area contributed by atoms with E-state index in [1.54, 1.807) is 24.3 Å². The fourth-order valence-corrected chi connectivity index (χ4v) is 4.64. The number of ketones is 1. The van der Waals surface area contributed by atoms with E-state index in [0.717, 1.165) is 11.1 Å². The van der Waals surface area contributed by atoms with Gasteiger partial charge >= 0.3 is 0 Å². The Morgan fingerprint density at radius 3 is 2.14 bits per heavy atom. The first kappa shape index (κ1) is 20.1. The van der Waals surface area contributed by atoms with Gasteiger partial charge in [-0.15, -0.1) is 0 Å². The molecule has 0 spiro atoms. The predicted octanol–water partition coefficient (Wildman–Crippen LogP) is 3.53. The van der Waals surface area contributed by atoms with Gasteiger partial charge in [0.2, 0.25) is 0 Å². The van der Waals surface area contributed by atoms with Gasteiger partial charge in [-0.2, -0.15) is 0 Å². The standard InChI is InChI=1S/C23H25F2NO3/c1-2-18(27)21-20(12-17-11-19(28)22(21)26-17)29-23(13-3-7-15(24)8-4-13)14-5-9-16(25)10-6-14/h3-10,17,19-23,26,28H,2,11-12H2,1H3/t17?,19?,20-,21+,22-/m1/s1. The van der Waals surface area contributed by atoms with E-state index in [0.29, 0.717) is 19.3 Å². The number of carbonyl (C=O) groups excluding carboxylic acids is 1. The lowest BCUT2D eigenvalue weighted by Crippen LogP contribution is -2.54. The first-order chi connectivity index (χ1) is 14.0. The maximum absolute atomic E-state index is 13.5. The number of hydrogen-bond donors (Lipinski definition) is 2. The molecule has 2 N–H and O–H groups in total. The highest BCUT2D eigenvalue weighted by atomic mass is 19.1. The minimum Gasteiger partial charge on any atom is -0.391 e. The molecular weight excluding hydrogens is 376 g/mol. The Morgan fingerprint density at radius 2 is 1.62 bits per heavy atom. The highest BCUT2D eigenvalue weighted by Crippen LogP contribution is 2.39. The third-order valence-electron chi connectivity index (χ3n) is 6.05. The Labute approximate surface area is 168 Å². The lowest BCUT2D eigenvalue weighted by Gasteiger charge is -2.39. The maximum Gasteiger partial charge on any atom is 0.139 e. The molecule has 4 nitrogen and oxygen atoms in total. The quantitative estimate of drug-likeness (QED) is 0.778. The van der Waals surface area contributed by atoms with Crippen LogP contribution in [0.15, 0.2) is 48.5 Å². The average molecular weight is 401 g/mol. The summed E-state index contributed by atoms with van der Waals surface area (Å²) in [6, 6.07) is 11.8. The molecule has 6 heteroatoms. The van der Waals surface area contributed by atoms with Gasteiger partial charge in [-0.3, -0.25) is 4.79 Å². The van der Waals surface area contributed by atoms with Crippen molar-refractivity contribution in [1.29, 1.82) is 0 Å². The molecule has 2 aliphatic heterocycles. The van der Waals surface area contributed by atoms with Crippen molar-refractivity contribution in [1.82, 2.24) is 5.32 Å². The van der Waals surface area contributed by atoms with E-state index in [9.17, 15) is 18.7 Å². The molecule has 4 rings (SSSR count). The number of benzene rings is 2. The number of piperidine rings is 1. The molecule has 0 radical (unpaired) electrons. The summed E-state index contributed by atoms with van der Waals surface area (Å²) in [5.74, 6) is -1.12. The van der Waals surface area contributed by atoms with Crippen molar-refractivity contribution >= 4 is 5.78 Å². The predicted molar refractivity (Wildman–Crippen MR) is 104 cm³/mol. The fourth-order valence-electron chi connectivity index (χ4n) is 4.64. The number of aliphatic hydroxyl groups excluding tert-OH is 1. The van der Waals surface area contributed by atoms with Crippen LogP contribution in [0, 0.1) is 17.6 Å². The van der Waals surface area contributed by atoms with E-state index < -0.39 is 24.2 Å². The molecule has 2 aromatic rings. The van der Waals surface area contributed by atoms with Gasteiger partial charge in [0.15, 0.2) is 0 Å². The summed E-state index contributed by atoms with van der Waals surface area (Å²) in [5.41, 5.74) is 1.46. The second-order valence-electron chi connectivity index (χ2n) is 7.93. The van der Waals surface area contributed by atoms with Gasteiger partial charge in [0.05, 0.1) is 18.1 Å². The largest absolute Gasteiger partial charge is 0.391 e. The number of Topliss-reactive ketones (excluding diaryl/α,β-unsaturated/α-hetero) is 1. The zero-order valence-corrected chi connectivity index (χ0v) is 16.2. The van der Waals surface area contributed by atoms with Crippen molar-refractivity contribution in [2.75, 3.05) is 0 Å². The summed E-state index contributed by atoms with van der Waals surface area (Å²) in [7, 11) is 0. The van der Waals surface area contributed by atoms with E-state index in [-0.39, 0.29) is 29.5 Å². The Bertz CT molecular complexity index is 810. The molecule has 5 atom stereocenters. The van der Waals surface area contributed by atoms with Crippen molar-refractivity contribution in [2.45, 2.75) is 56.6 Å². The summed E-state index contributed by atoms with van der Waals surface area (Å²) in [6.45, 7) is 1.81. The first-order valence-electron chi connectivity index (χ1n) is 10.1. The van der Waals surface area contributed by atoms with E-state index in [1.807, 2.05) is 6.92 Å². The van der Waals surface area contributed by atoms with E-state index in [4.69, 9.17) is 4.74 Å². The third-order valence-corrected chi connectivity index (χ3v) is 6.05. The Kier molecular flexibility index (Phi) is 5.76. The molecule has 2 heterocycles. The van der Waals surface area contributed by atoms with Gasteiger partial charge in [0, 0.05) is 18.5 Å². The van der Waals surface area contributed by atoms with Crippen LogP contribution in [0.25, 0.3) is 0 Å². The van der Waals surface area contributed by atoms with Gasteiger partial charge in [-0.05, 0) is 48.2 Å². The number of rotatable bonds is 6. The van der Waals surface area contributed by atoms with Gasteiger partial charge < -0.3 is 15.2 Å². The molecule has 2 aliphatic rings. The van der Waals surface area contributed by atoms with Crippen LogP contribution in [0.4, 0.5) is 8.78 Å². The van der Waals surface area contributed by atoms with Crippen molar-refractivity contribution < 1.29 is 23.4 Å². The topological polar surface area (TPSA) is 58.6 Å². The Morgan fingerprint density at radius 1 is 1.07 bits per heavy atom. The highest BCUT2D eigenvalue weighted by molar-refractivity contribution is 5.82. The average Bonchev–Trinajstić information content (AvgIpc) is 3.01. The highest BCUT2D eigenvalue weighted by Gasteiger charge is 2.50. The molecule has 0 aromatic heterocycles. The number of carbonyl (C=O) groups is 1. The van der Waals surface area contributed by atoms with Crippen molar-refractivity contribution in [3.8, 4) is 0 Å². The summed E-state index contributed by atoms with van der Waals surface area (Å²) >= 11 is 0. The van der Waals surface area contributed by atoms with Crippen LogP contribution in [-0.2, 0) is 9.53 Å². The molecule has 2 unspecified atom stereocenters. The van der Waals surface area contributed by atoms with E-state index in [1.165, 1.54) is 24.3 Å². The number of nitrogens with one attached hydrogen (secondary N) is 1. The summed E-state index contributed by atoms with van der Waals surface area (Å²) < 4.78 is 33.4. The summed E-state index contributed by atoms with van der Waals surface area (Å²) in [5, 5.41) is 13.8. The van der Waals surface area contributed by atoms with Gasteiger partial charge in [0.1, 0.15) is 23.5 Å². The smallest absolute Gasteiger partial charge is 0.139 e. The first-order valence-corrected chi connectivity index (χ1v) is 10.1. The maximum atomic E-state index is 13.5. The van der Waals surface area contributed by atoms with Gasteiger partial charge in [-0.1, -0.05) is 31.2 Å². The molecule has 154 valence electrons. The van der Waals surface area contributed by atoms with Crippen LogP contribution >= 0.6 is 0 Å². The molecular formula is C23H25F2NO3. The molecule has 2 fully saturated rings. The van der Waals surface area contributed by atoms with Crippen LogP contribution in [0.3, 0.4) is 0 Å². The SMILES string of the molecule is CCC(=O)[C@@H]1[C@@H]2NC(CC2O)C[C@H]1OC(c1ccc(F)cc1)c1ccc(F)cc1. The van der Waals surface area contributed by atoms with Crippen LogP contribution in [-0.4, -0.2) is 35.2 Å².